The first kappa shape index (κ1) is 27.4. The van der Waals surface area contributed by atoms with Gasteiger partial charge in [0.05, 0.1) is 32.4 Å². The highest BCUT2D eigenvalue weighted by Crippen LogP contribution is 2.35. The minimum Gasteiger partial charge on any atom is -0.497 e. The Morgan fingerprint density at radius 2 is 1.84 bits per heavy atom. The highest BCUT2D eigenvalue weighted by Gasteiger charge is 2.30. The predicted molar refractivity (Wildman–Crippen MR) is 147 cm³/mol. The van der Waals surface area contributed by atoms with E-state index in [0.29, 0.717) is 25.3 Å². The second-order valence-electron chi connectivity index (χ2n) is 9.88. The van der Waals surface area contributed by atoms with E-state index in [-0.39, 0.29) is 12.3 Å². The third-order valence-electron chi connectivity index (χ3n) is 7.48. The van der Waals surface area contributed by atoms with Gasteiger partial charge in [0.15, 0.2) is 0 Å². The molecule has 1 aliphatic heterocycles. The van der Waals surface area contributed by atoms with Crippen molar-refractivity contribution in [2.45, 2.75) is 38.2 Å². The fraction of sp³-hybridized carbons (Fsp3) is 0.419. The van der Waals surface area contributed by atoms with Gasteiger partial charge in [0.25, 0.3) is 0 Å². The van der Waals surface area contributed by atoms with E-state index < -0.39 is 12.1 Å². The molecule has 2 unspecified atom stereocenters. The van der Waals surface area contributed by atoms with Crippen LogP contribution in [0.1, 0.15) is 49.3 Å². The first-order chi connectivity index (χ1) is 18.5. The van der Waals surface area contributed by atoms with Gasteiger partial charge in [0.2, 0.25) is 0 Å². The summed E-state index contributed by atoms with van der Waals surface area (Å²) in [4.78, 5) is 18.1. The van der Waals surface area contributed by atoms with Crippen molar-refractivity contribution in [3.63, 3.8) is 0 Å². The first-order valence-electron chi connectivity index (χ1n) is 13.1. The summed E-state index contributed by atoms with van der Waals surface area (Å²) in [5, 5.41) is 21.3. The van der Waals surface area contributed by atoms with Gasteiger partial charge in [-0.2, -0.15) is 0 Å². The number of methoxy groups -OCH3 is 2. The standard InChI is InChI=1S/C31H36N2O5/c1-37-25-9-5-22(6-10-25)4-3-18-33-19-16-23(24(21-33)8-14-31(35)36)7-13-30(34)27-15-17-32-29-12-11-26(38-2)20-28(27)29/h5-6,9-12,15,17,20,23-24,30,34H,7-8,13-14,16,18-19,21H2,1-2H3,(H,35,36)/t23?,24?,30-/m0/s1. The van der Waals surface area contributed by atoms with E-state index in [0.717, 1.165) is 59.5 Å². The molecule has 38 heavy (non-hydrogen) atoms. The molecule has 2 heterocycles. The van der Waals surface area contributed by atoms with Crippen molar-refractivity contribution in [3.05, 3.63) is 65.9 Å². The normalized spacial score (nSPS) is 18.4. The summed E-state index contributed by atoms with van der Waals surface area (Å²) in [7, 11) is 3.27. The molecule has 1 fully saturated rings. The number of rotatable bonds is 10. The van der Waals surface area contributed by atoms with Gasteiger partial charge >= 0.3 is 5.97 Å². The Kier molecular flexibility index (Phi) is 9.58. The number of aromatic nitrogens is 1. The van der Waals surface area contributed by atoms with Crippen LogP contribution in [0.5, 0.6) is 11.5 Å². The van der Waals surface area contributed by atoms with Crippen molar-refractivity contribution in [3.8, 4) is 23.3 Å². The van der Waals surface area contributed by atoms with Crippen LogP contribution in [0.2, 0.25) is 0 Å². The molecular formula is C31H36N2O5. The summed E-state index contributed by atoms with van der Waals surface area (Å²) in [6.07, 6.45) is 4.31. The van der Waals surface area contributed by atoms with Crippen molar-refractivity contribution in [1.29, 1.82) is 0 Å². The Balaban J connectivity index is 1.38. The Hall–Kier alpha value is -3.60. The summed E-state index contributed by atoms with van der Waals surface area (Å²) in [6, 6.07) is 15.3. The lowest BCUT2D eigenvalue weighted by Gasteiger charge is -2.38. The predicted octanol–water partition coefficient (Wildman–Crippen LogP) is 4.92. The van der Waals surface area contributed by atoms with E-state index in [1.807, 2.05) is 48.5 Å². The van der Waals surface area contributed by atoms with Crippen LogP contribution < -0.4 is 9.47 Å². The van der Waals surface area contributed by atoms with Gasteiger partial charge in [0, 0.05) is 30.1 Å². The number of fused-ring (bicyclic) bond motifs is 1. The molecule has 7 nitrogen and oxygen atoms in total. The number of hydrogen-bond donors (Lipinski definition) is 2. The maximum absolute atomic E-state index is 11.3. The molecular weight excluding hydrogens is 480 g/mol. The molecule has 0 amide bonds. The van der Waals surface area contributed by atoms with Gasteiger partial charge in [-0.1, -0.05) is 11.8 Å². The molecule has 0 aliphatic carbocycles. The van der Waals surface area contributed by atoms with Crippen LogP contribution in [0.25, 0.3) is 10.9 Å². The van der Waals surface area contributed by atoms with E-state index in [9.17, 15) is 15.0 Å². The molecule has 2 N–H and O–H groups in total. The summed E-state index contributed by atoms with van der Waals surface area (Å²) < 4.78 is 10.6. The SMILES string of the molecule is COc1ccc(C#CCN2CCC(CC[C@H](O)c3ccnc4ccc(OC)cc34)C(CCC(=O)O)C2)cc1. The molecule has 0 spiro atoms. The van der Waals surface area contributed by atoms with Gasteiger partial charge in [-0.3, -0.25) is 14.7 Å². The number of likely N-dealkylation sites (tertiary alicyclic amines) is 1. The Morgan fingerprint density at radius 1 is 1.08 bits per heavy atom. The molecule has 7 heteroatoms. The minimum atomic E-state index is -0.766. The van der Waals surface area contributed by atoms with Gasteiger partial charge < -0.3 is 19.7 Å². The van der Waals surface area contributed by atoms with Crippen molar-refractivity contribution in [2.75, 3.05) is 33.9 Å². The van der Waals surface area contributed by atoms with Crippen LogP contribution in [0.15, 0.2) is 54.7 Å². The van der Waals surface area contributed by atoms with Crippen molar-refractivity contribution < 1.29 is 24.5 Å². The van der Waals surface area contributed by atoms with E-state index in [1.165, 1.54) is 0 Å². The molecule has 3 aromatic rings. The van der Waals surface area contributed by atoms with E-state index >= 15 is 0 Å². The summed E-state index contributed by atoms with van der Waals surface area (Å²) in [6.45, 7) is 2.38. The Bertz CT molecular complexity index is 1280. The number of aliphatic hydroxyl groups excluding tert-OH is 1. The Labute approximate surface area is 224 Å². The maximum atomic E-state index is 11.3. The van der Waals surface area contributed by atoms with E-state index in [4.69, 9.17) is 9.47 Å². The number of ether oxygens (including phenoxy) is 2. The van der Waals surface area contributed by atoms with Crippen LogP contribution in [0.4, 0.5) is 0 Å². The number of hydrogen-bond acceptors (Lipinski definition) is 6. The molecule has 3 atom stereocenters. The number of carboxylic acids is 1. The molecule has 1 aromatic heterocycles. The molecule has 4 rings (SSSR count). The topological polar surface area (TPSA) is 92.1 Å². The molecule has 2 aromatic carbocycles. The zero-order chi connectivity index (χ0) is 26.9. The lowest BCUT2D eigenvalue weighted by atomic mass is 9.79. The third kappa shape index (κ3) is 7.25. The smallest absolute Gasteiger partial charge is 0.303 e. The monoisotopic (exact) mass is 516 g/mol. The average Bonchev–Trinajstić information content (AvgIpc) is 2.95. The summed E-state index contributed by atoms with van der Waals surface area (Å²) in [5.41, 5.74) is 2.62. The Morgan fingerprint density at radius 3 is 2.58 bits per heavy atom. The highest BCUT2D eigenvalue weighted by molar-refractivity contribution is 5.83. The van der Waals surface area contributed by atoms with Crippen LogP contribution >= 0.6 is 0 Å². The first-order valence-corrected chi connectivity index (χ1v) is 13.1. The lowest BCUT2D eigenvalue weighted by molar-refractivity contribution is -0.137. The molecule has 0 saturated carbocycles. The fourth-order valence-electron chi connectivity index (χ4n) is 5.33. The number of carboxylic acid groups (broad SMARTS) is 1. The summed E-state index contributed by atoms with van der Waals surface area (Å²) >= 11 is 0. The molecule has 1 saturated heterocycles. The van der Waals surface area contributed by atoms with Crippen molar-refractivity contribution >= 4 is 16.9 Å². The van der Waals surface area contributed by atoms with E-state index in [2.05, 4.69) is 21.7 Å². The van der Waals surface area contributed by atoms with Crippen molar-refractivity contribution in [1.82, 2.24) is 9.88 Å². The van der Waals surface area contributed by atoms with Crippen LogP contribution in [0, 0.1) is 23.7 Å². The highest BCUT2D eigenvalue weighted by atomic mass is 16.5. The van der Waals surface area contributed by atoms with Gasteiger partial charge in [0.1, 0.15) is 11.5 Å². The third-order valence-corrected chi connectivity index (χ3v) is 7.48. The number of aliphatic carboxylic acids is 1. The van der Waals surface area contributed by atoms with Crippen LogP contribution in [-0.4, -0.2) is 59.9 Å². The second-order valence-corrected chi connectivity index (χ2v) is 9.88. The average molecular weight is 517 g/mol. The number of nitrogens with zero attached hydrogens (tertiary/aromatic N) is 2. The number of carbonyl (C=O) groups is 1. The van der Waals surface area contributed by atoms with Gasteiger partial charge in [-0.15, -0.1) is 0 Å². The molecule has 0 bridgehead atoms. The number of pyridine rings is 1. The van der Waals surface area contributed by atoms with E-state index in [1.54, 1.807) is 20.4 Å². The van der Waals surface area contributed by atoms with Crippen LogP contribution in [-0.2, 0) is 4.79 Å². The van der Waals surface area contributed by atoms with Gasteiger partial charge in [-0.25, -0.2) is 0 Å². The number of piperidine rings is 1. The van der Waals surface area contributed by atoms with Crippen molar-refractivity contribution in [2.24, 2.45) is 11.8 Å². The lowest BCUT2D eigenvalue weighted by Crippen LogP contribution is -2.41. The number of aliphatic hydroxyl groups is 1. The maximum Gasteiger partial charge on any atom is 0.303 e. The molecule has 1 aliphatic rings. The van der Waals surface area contributed by atoms with Crippen LogP contribution in [0.3, 0.4) is 0 Å². The molecule has 200 valence electrons. The van der Waals surface area contributed by atoms with Gasteiger partial charge in [-0.05, 0) is 98.2 Å². The second kappa shape index (κ2) is 13.3. The molecule has 0 radical (unpaired) electrons. The number of benzene rings is 2. The summed E-state index contributed by atoms with van der Waals surface area (Å²) in [5.74, 6) is 7.87. The largest absolute Gasteiger partial charge is 0.497 e. The fourth-order valence-corrected chi connectivity index (χ4v) is 5.33. The minimum absolute atomic E-state index is 0.157. The zero-order valence-corrected chi connectivity index (χ0v) is 22.1. The zero-order valence-electron chi connectivity index (χ0n) is 22.1. The quantitative estimate of drug-likeness (QED) is 0.370.